The molecule has 35 heavy (non-hydrogen) atoms. The summed E-state index contributed by atoms with van der Waals surface area (Å²) in [4.78, 5) is 32.6. The zero-order valence-corrected chi connectivity index (χ0v) is 21.5. The second-order valence-corrected chi connectivity index (χ2v) is 10.3. The SMILES string of the molecule is CCc1c(Cc2[nH]c(C(=O)OC(C)(C)C)c3c2CCCC3)[nH]c(C(=O)OCc2ccccc2)c1C. The summed E-state index contributed by atoms with van der Waals surface area (Å²) in [6.45, 7) is 9.94. The summed E-state index contributed by atoms with van der Waals surface area (Å²) < 4.78 is 11.3. The first-order valence-corrected chi connectivity index (χ1v) is 12.5. The predicted octanol–water partition coefficient (Wildman–Crippen LogP) is 6.00. The maximum absolute atomic E-state index is 12.9. The molecule has 1 aliphatic carbocycles. The van der Waals surface area contributed by atoms with Crippen LogP contribution in [0.5, 0.6) is 0 Å². The number of hydrogen-bond acceptors (Lipinski definition) is 4. The second kappa shape index (κ2) is 10.1. The lowest BCUT2D eigenvalue weighted by molar-refractivity contribution is 0.00617. The molecule has 2 aromatic heterocycles. The highest BCUT2D eigenvalue weighted by atomic mass is 16.6. The maximum Gasteiger partial charge on any atom is 0.355 e. The van der Waals surface area contributed by atoms with Gasteiger partial charge < -0.3 is 19.4 Å². The monoisotopic (exact) mass is 476 g/mol. The topological polar surface area (TPSA) is 84.2 Å². The molecule has 0 saturated heterocycles. The highest BCUT2D eigenvalue weighted by Gasteiger charge is 2.28. The Balaban J connectivity index is 1.60. The highest BCUT2D eigenvalue weighted by Crippen LogP contribution is 2.32. The molecule has 6 nitrogen and oxygen atoms in total. The van der Waals surface area contributed by atoms with E-state index >= 15 is 0 Å². The van der Waals surface area contributed by atoms with Gasteiger partial charge in [0.15, 0.2) is 0 Å². The number of aromatic nitrogens is 2. The summed E-state index contributed by atoms with van der Waals surface area (Å²) in [6, 6.07) is 9.68. The van der Waals surface area contributed by atoms with Crippen LogP contribution in [0.2, 0.25) is 0 Å². The number of hydrogen-bond donors (Lipinski definition) is 2. The average molecular weight is 477 g/mol. The van der Waals surface area contributed by atoms with Gasteiger partial charge in [-0.15, -0.1) is 0 Å². The summed E-state index contributed by atoms with van der Waals surface area (Å²) >= 11 is 0. The van der Waals surface area contributed by atoms with E-state index in [0.717, 1.165) is 65.7 Å². The van der Waals surface area contributed by atoms with E-state index in [1.54, 1.807) is 0 Å². The van der Waals surface area contributed by atoms with Gasteiger partial charge in [0.1, 0.15) is 23.6 Å². The van der Waals surface area contributed by atoms with Crippen molar-refractivity contribution in [2.75, 3.05) is 0 Å². The Kier molecular flexibility index (Phi) is 7.20. The van der Waals surface area contributed by atoms with Gasteiger partial charge in [0.2, 0.25) is 0 Å². The van der Waals surface area contributed by atoms with Crippen LogP contribution in [0.1, 0.15) is 101 Å². The molecule has 0 aliphatic heterocycles. The molecule has 1 aromatic carbocycles. The van der Waals surface area contributed by atoms with Gasteiger partial charge in [-0.2, -0.15) is 0 Å². The van der Waals surface area contributed by atoms with E-state index in [9.17, 15) is 9.59 Å². The molecule has 4 rings (SSSR count). The number of fused-ring (bicyclic) bond motifs is 1. The van der Waals surface area contributed by atoms with Crippen molar-refractivity contribution in [1.29, 1.82) is 0 Å². The van der Waals surface area contributed by atoms with Crippen molar-refractivity contribution in [2.45, 2.75) is 85.4 Å². The summed E-state index contributed by atoms with van der Waals surface area (Å²) in [5.41, 5.74) is 7.85. The number of carbonyl (C=O) groups is 2. The molecular formula is C29H36N2O4. The number of nitrogens with one attached hydrogen (secondary N) is 2. The van der Waals surface area contributed by atoms with Crippen molar-refractivity contribution in [3.05, 3.63) is 80.9 Å². The maximum atomic E-state index is 12.9. The van der Waals surface area contributed by atoms with E-state index < -0.39 is 5.60 Å². The lowest BCUT2D eigenvalue weighted by Gasteiger charge is -2.20. The van der Waals surface area contributed by atoms with Gasteiger partial charge in [0.05, 0.1) is 0 Å². The first-order valence-electron chi connectivity index (χ1n) is 12.5. The van der Waals surface area contributed by atoms with Crippen molar-refractivity contribution >= 4 is 11.9 Å². The first-order chi connectivity index (χ1) is 16.7. The molecule has 3 aromatic rings. The smallest absolute Gasteiger partial charge is 0.355 e. The van der Waals surface area contributed by atoms with Crippen LogP contribution in [0.4, 0.5) is 0 Å². The van der Waals surface area contributed by atoms with E-state index in [2.05, 4.69) is 16.9 Å². The third-order valence-corrected chi connectivity index (χ3v) is 6.60. The Hall–Kier alpha value is -3.28. The minimum atomic E-state index is -0.551. The summed E-state index contributed by atoms with van der Waals surface area (Å²) in [7, 11) is 0. The van der Waals surface area contributed by atoms with Crippen molar-refractivity contribution in [3.63, 3.8) is 0 Å². The van der Waals surface area contributed by atoms with Crippen LogP contribution >= 0.6 is 0 Å². The zero-order chi connectivity index (χ0) is 25.2. The van der Waals surface area contributed by atoms with Crippen molar-refractivity contribution in [2.24, 2.45) is 0 Å². The first kappa shape index (κ1) is 24.8. The molecule has 186 valence electrons. The molecular weight excluding hydrogens is 440 g/mol. The molecule has 0 bridgehead atoms. The number of ether oxygens (including phenoxy) is 2. The Bertz CT molecular complexity index is 1210. The zero-order valence-electron chi connectivity index (χ0n) is 21.5. The predicted molar refractivity (Wildman–Crippen MR) is 136 cm³/mol. The third kappa shape index (κ3) is 5.53. The fraction of sp³-hybridized carbons (Fsp3) is 0.448. The minimum Gasteiger partial charge on any atom is -0.456 e. The van der Waals surface area contributed by atoms with Crippen molar-refractivity contribution in [1.82, 2.24) is 9.97 Å². The number of benzene rings is 1. The largest absolute Gasteiger partial charge is 0.456 e. The normalized spacial score (nSPS) is 13.4. The van der Waals surface area contributed by atoms with Gasteiger partial charge in [-0.05, 0) is 87.6 Å². The molecule has 0 radical (unpaired) electrons. The summed E-state index contributed by atoms with van der Waals surface area (Å²) in [5.74, 6) is -0.652. The van der Waals surface area contributed by atoms with E-state index in [1.165, 1.54) is 5.56 Å². The molecule has 2 N–H and O–H groups in total. The van der Waals surface area contributed by atoms with Crippen LogP contribution in [0, 0.1) is 6.92 Å². The van der Waals surface area contributed by atoms with Crippen LogP contribution in [0.15, 0.2) is 30.3 Å². The fourth-order valence-corrected chi connectivity index (χ4v) is 4.97. The van der Waals surface area contributed by atoms with Gasteiger partial charge in [-0.1, -0.05) is 37.3 Å². The number of rotatable bonds is 7. The molecule has 0 spiro atoms. The Morgan fingerprint density at radius 3 is 2.23 bits per heavy atom. The van der Waals surface area contributed by atoms with Crippen molar-refractivity contribution < 1.29 is 19.1 Å². The van der Waals surface area contributed by atoms with Crippen LogP contribution in [0.3, 0.4) is 0 Å². The minimum absolute atomic E-state index is 0.234. The Morgan fingerprint density at radius 1 is 0.914 bits per heavy atom. The van der Waals surface area contributed by atoms with Crippen LogP contribution in [-0.2, 0) is 41.8 Å². The lowest BCUT2D eigenvalue weighted by atomic mass is 9.90. The lowest BCUT2D eigenvalue weighted by Crippen LogP contribution is -2.25. The summed E-state index contributed by atoms with van der Waals surface area (Å²) in [6.07, 6.45) is 5.39. The van der Waals surface area contributed by atoms with Gasteiger partial charge >= 0.3 is 11.9 Å². The van der Waals surface area contributed by atoms with Gasteiger partial charge in [-0.3, -0.25) is 0 Å². The molecule has 0 amide bonds. The summed E-state index contributed by atoms with van der Waals surface area (Å²) in [5, 5.41) is 0. The second-order valence-electron chi connectivity index (χ2n) is 10.3. The van der Waals surface area contributed by atoms with Gasteiger partial charge in [-0.25, -0.2) is 9.59 Å². The van der Waals surface area contributed by atoms with E-state index in [4.69, 9.17) is 9.47 Å². The highest BCUT2D eigenvalue weighted by molar-refractivity contribution is 5.91. The molecule has 2 heterocycles. The number of carbonyl (C=O) groups excluding carboxylic acids is 2. The number of aromatic amines is 2. The third-order valence-electron chi connectivity index (χ3n) is 6.60. The Morgan fingerprint density at radius 2 is 1.57 bits per heavy atom. The Labute approximate surface area is 207 Å². The fourth-order valence-electron chi connectivity index (χ4n) is 4.97. The molecule has 1 aliphatic rings. The number of H-pyrrole nitrogens is 2. The molecule has 0 unspecified atom stereocenters. The average Bonchev–Trinajstić information content (AvgIpc) is 3.35. The van der Waals surface area contributed by atoms with Gasteiger partial charge in [0, 0.05) is 17.8 Å². The van der Waals surface area contributed by atoms with Crippen LogP contribution in [-0.4, -0.2) is 27.5 Å². The standard InChI is InChI=1S/C29H36N2O4/c1-6-20-18(2)25(27(32)34-17-19-12-8-7-9-13-19)30-23(20)16-24-21-14-10-11-15-22(21)26(31-24)28(33)35-29(3,4)5/h7-9,12-13,30-31H,6,10-11,14-17H2,1-5H3. The quantitative estimate of drug-likeness (QED) is 0.410. The molecule has 6 heteroatoms. The van der Waals surface area contributed by atoms with E-state index in [-0.39, 0.29) is 18.5 Å². The molecule has 0 atom stereocenters. The van der Waals surface area contributed by atoms with Crippen molar-refractivity contribution in [3.8, 4) is 0 Å². The van der Waals surface area contributed by atoms with E-state index in [1.807, 2.05) is 58.0 Å². The van der Waals surface area contributed by atoms with Crippen LogP contribution < -0.4 is 0 Å². The van der Waals surface area contributed by atoms with E-state index in [0.29, 0.717) is 17.8 Å². The van der Waals surface area contributed by atoms with Crippen LogP contribution in [0.25, 0.3) is 0 Å². The van der Waals surface area contributed by atoms with Gasteiger partial charge in [0.25, 0.3) is 0 Å². The molecule has 0 fully saturated rings. The molecule has 0 saturated carbocycles. The number of esters is 2.